The van der Waals surface area contributed by atoms with Gasteiger partial charge in [0.25, 0.3) is 5.91 Å². The highest BCUT2D eigenvalue weighted by atomic mass is 16.1. The van der Waals surface area contributed by atoms with Gasteiger partial charge in [-0.15, -0.1) is 0 Å². The SMILES string of the molecule is CCN(CC)CCn1cc(NC(=O)c2cc(N)n[nH]2)cn1. The Hall–Kier alpha value is -2.35. The van der Waals surface area contributed by atoms with Crippen LogP contribution in [0.3, 0.4) is 0 Å². The number of nitrogens with two attached hydrogens (primary N) is 1. The molecule has 0 bridgehead atoms. The van der Waals surface area contributed by atoms with Crippen molar-refractivity contribution >= 4 is 17.4 Å². The summed E-state index contributed by atoms with van der Waals surface area (Å²) in [5, 5.41) is 13.3. The third kappa shape index (κ3) is 4.06. The van der Waals surface area contributed by atoms with Crippen LogP contribution in [0.5, 0.6) is 0 Å². The van der Waals surface area contributed by atoms with E-state index in [9.17, 15) is 4.79 Å². The molecule has 2 aromatic rings. The van der Waals surface area contributed by atoms with Crippen molar-refractivity contribution < 1.29 is 4.79 Å². The molecule has 0 unspecified atom stereocenters. The second-order valence-electron chi connectivity index (χ2n) is 4.68. The van der Waals surface area contributed by atoms with Gasteiger partial charge in [0.2, 0.25) is 0 Å². The molecule has 2 rings (SSSR count). The van der Waals surface area contributed by atoms with Crippen molar-refractivity contribution in [2.24, 2.45) is 0 Å². The average molecular weight is 291 g/mol. The maximum Gasteiger partial charge on any atom is 0.273 e. The van der Waals surface area contributed by atoms with Gasteiger partial charge in [-0.1, -0.05) is 13.8 Å². The molecular formula is C13H21N7O. The molecule has 0 fully saturated rings. The fraction of sp³-hybridized carbons (Fsp3) is 0.462. The maximum absolute atomic E-state index is 11.9. The highest BCUT2D eigenvalue weighted by molar-refractivity contribution is 6.03. The van der Waals surface area contributed by atoms with Crippen molar-refractivity contribution in [3.8, 4) is 0 Å². The predicted molar refractivity (Wildman–Crippen MR) is 81.0 cm³/mol. The monoisotopic (exact) mass is 291 g/mol. The summed E-state index contributed by atoms with van der Waals surface area (Å²) in [5.41, 5.74) is 6.43. The summed E-state index contributed by atoms with van der Waals surface area (Å²) in [6.07, 6.45) is 3.43. The molecule has 0 aliphatic rings. The molecule has 0 aromatic carbocycles. The van der Waals surface area contributed by atoms with E-state index < -0.39 is 0 Å². The van der Waals surface area contributed by atoms with Crippen LogP contribution in [0.25, 0.3) is 0 Å². The van der Waals surface area contributed by atoms with Crippen LogP contribution < -0.4 is 11.1 Å². The number of likely N-dealkylation sites (N-methyl/N-ethyl adjacent to an activating group) is 1. The molecule has 0 atom stereocenters. The van der Waals surface area contributed by atoms with Gasteiger partial charge in [-0.25, -0.2) is 0 Å². The number of carbonyl (C=O) groups excluding carboxylic acids is 1. The fourth-order valence-corrected chi connectivity index (χ4v) is 1.99. The number of anilines is 2. The van der Waals surface area contributed by atoms with E-state index in [2.05, 4.69) is 39.4 Å². The standard InChI is InChI=1S/C13H21N7O/c1-3-19(4-2)5-6-20-9-10(8-15-20)16-13(21)11-7-12(14)18-17-11/h7-9H,3-6H2,1-2H3,(H,16,21)(H3,14,17,18). The summed E-state index contributed by atoms with van der Waals surface area (Å²) in [5.74, 6) is -0.00226. The first-order chi connectivity index (χ1) is 10.1. The number of nitrogens with one attached hydrogen (secondary N) is 2. The zero-order valence-electron chi connectivity index (χ0n) is 12.3. The minimum absolute atomic E-state index is 0.287. The lowest BCUT2D eigenvalue weighted by Crippen LogP contribution is -2.27. The second-order valence-corrected chi connectivity index (χ2v) is 4.68. The Balaban J connectivity index is 1.89. The van der Waals surface area contributed by atoms with Crippen LogP contribution in [0, 0.1) is 0 Å². The van der Waals surface area contributed by atoms with Crippen LogP contribution in [-0.4, -0.2) is 50.4 Å². The number of H-pyrrole nitrogens is 1. The van der Waals surface area contributed by atoms with Crippen molar-refractivity contribution in [3.63, 3.8) is 0 Å². The van der Waals surface area contributed by atoms with E-state index in [0.29, 0.717) is 11.4 Å². The molecule has 0 aliphatic heterocycles. The Bertz CT molecular complexity index is 585. The van der Waals surface area contributed by atoms with Gasteiger partial charge in [-0.05, 0) is 13.1 Å². The average Bonchev–Trinajstić information content (AvgIpc) is 3.09. The summed E-state index contributed by atoms with van der Waals surface area (Å²) in [6.45, 7) is 8.02. The molecule has 2 heterocycles. The molecule has 4 N–H and O–H groups in total. The molecule has 1 amide bonds. The van der Waals surface area contributed by atoms with Crippen LogP contribution in [0.15, 0.2) is 18.5 Å². The normalized spacial score (nSPS) is 11.0. The van der Waals surface area contributed by atoms with E-state index in [0.717, 1.165) is 26.2 Å². The number of hydrogen-bond acceptors (Lipinski definition) is 5. The number of rotatable bonds is 7. The van der Waals surface area contributed by atoms with Crippen LogP contribution in [-0.2, 0) is 6.54 Å². The molecule has 0 radical (unpaired) electrons. The molecule has 8 nitrogen and oxygen atoms in total. The lowest BCUT2D eigenvalue weighted by atomic mass is 10.4. The van der Waals surface area contributed by atoms with Crippen LogP contribution >= 0.6 is 0 Å². The fourth-order valence-electron chi connectivity index (χ4n) is 1.99. The summed E-state index contributed by atoms with van der Waals surface area (Å²) in [7, 11) is 0. The van der Waals surface area contributed by atoms with Gasteiger partial charge in [0.05, 0.1) is 18.4 Å². The number of aromatic nitrogens is 4. The first-order valence-electron chi connectivity index (χ1n) is 6.99. The number of nitrogens with zero attached hydrogens (tertiary/aromatic N) is 4. The molecule has 0 saturated carbocycles. The van der Waals surface area contributed by atoms with Gasteiger partial charge < -0.3 is 16.0 Å². The quantitative estimate of drug-likeness (QED) is 0.699. The molecule has 0 aliphatic carbocycles. The zero-order valence-corrected chi connectivity index (χ0v) is 12.3. The highest BCUT2D eigenvalue weighted by Gasteiger charge is 2.10. The van der Waals surface area contributed by atoms with Gasteiger partial charge in [0.15, 0.2) is 0 Å². The Morgan fingerprint density at radius 2 is 2.24 bits per heavy atom. The minimum Gasteiger partial charge on any atom is -0.382 e. The lowest BCUT2D eigenvalue weighted by molar-refractivity contribution is 0.102. The summed E-state index contributed by atoms with van der Waals surface area (Å²) >= 11 is 0. The van der Waals surface area contributed by atoms with E-state index in [1.165, 1.54) is 6.07 Å². The van der Waals surface area contributed by atoms with E-state index >= 15 is 0 Å². The first-order valence-corrected chi connectivity index (χ1v) is 6.99. The smallest absolute Gasteiger partial charge is 0.273 e. The molecule has 0 spiro atoms. The largest absolute Gasteiger partial charge is 0.382 e. The van der Waals surface area contributed by atoms with E-state index in [-0.39, 0.29) is 11.7 Å². The van der Waals surface area contributed by atoms with Crippen molar-refractivity contribution in [2.45, 2.75) is 20.4 Å². The van der Waals surface area contributed by atoms with Gasteiger partial charge in [0.1, 0.15) is 11.5 Å². The van der Waals surface area contributed by atoms with E-state index in [4.69, 9.17) is 5.73 Å². The van der Waals surface area contributed by atoms with Crippen LogP contribution in [0.1, 0.15) is 24.3 Å². The molecule has 114 valence electrons. The van der Waals surface area contributed by atoms with Gasteiger partial charge >= 0.3 is 0 Å². The number of hydrogen-bond donors (Lipinski definition) is 3. The van der Waals surface area contributed by atoms with Crippen molar-refractivity contribution in [3.05, 3.63) is 24.2 Å². The topological polar surface area (TPSA) is 105 Å². The minimum atomic E-state index is -0.289. The van der Waals surface area contributed by atoms with Crippen molar-refractivity contribution in [1.82, 2.24) is 24.9 Å². The van der Waals surface area contributed by atoms with Gasteiger partial charge in [-0.3, -0.25) is 14.6 Å². The number of carbonyl (C=O) groups is 1. The summed E-state index contributed by atoms with van der Waals surface area (Å²) in [6, 6.07) is 1.49. The summed E-state index contributed by atoms with van der Waals surface area (Å²) in [4.78, 5) is 14.2. The number of aromatic amines is 1. The molecule has 2 aromatic heterocycles. The molecule has 0 saturated heterocycles. The molecule has 21 heavy (non-hydrogen) atoms. The lowest BCUT2D eigenvalue weighted by Gasteiger charge is -2.17. The van der Waals surface area contributed by atoms with E-state index in [1.807, 2.05) is 4.68 Å². The zero-order chi connectivity index (χ0) is 15.2. The van der Waals surface area contributed by atoms with Crippen LogP contribution in [0.4, 0.5) is 11.5 Å². The van der Waals surface area contributed by atoms with Crippen molar-refractivity contribution in [2.75, 3.05) is 30.7 Å². The third-order valence-electron chi connectivity index (χ3n) is 3.27. The van der Waals surface area contributed by atoms with Gasteiger partial charge in [0, 0.05) is 18.8 Å². The van der Waals surface area contributed by atoms with Crippen LogP contribution in [0.2, 0.25) is 0 Å². The van der Waals surface area contributed by atoms with E-state index in [1.54, 1.807) is 12.4 Å². The Labute approximate surface area is 123 Å². The molecular weight excluding hydrogens is 270 g/mol. The highest BCUT2D eigenvalue weighted by Crippen LogP contribution is 2.08. The van der Waals surface area contributed by atoms with Gasteiger partial charge in [-0.2, -0.15) is 10.2 Å². The second kappa shape index (κ2) is 6.89. The Kier molecular flexibility index (Phi) is 4.94. The third-order valence-corrected chi connectivity index (χ3v) is 3.27. The maximum atomic E-state index is 11.9. The summed E-state index contributed by atoms with van der Waals surface area (Å²) < 4.78 is 1.81. The first kappa shape index (κ1) is 15.0. The van der Waals surface area contributed by atoms with Crippen molar-refractivity contribution in [1.29, 1.82) is 0 Å². The molecule has 8 heteroatoms. The Morgan fingerprint density at radius 3 is 2.86 bits per heavy atom. The predicted octanol–water partition coefficient (Wildman–Crippen LogP) is 0.782. The number of nitrogen functional groups attached to an aromatic ring is 1. The number of amides is 1. The Morgan fingerprint density at radius 1 is 1.48 bits per heavy atom.